The van der Waals surface area contributed by atoms with Crippen LogP contribution in [0.5, 0.6) is 0 Å². The molecule has 35 heavy (non-hydrogen) atoms. The van der Waals surface area contributed by atoms with Gasteiger partial charge in [0.2, 0.25) is 11.8 Å². The van der Waals surface area contributed by atoms with Gasteiger partial charge in [0, 0.05) is 49.7 Å². The largest absolute Gasteiger partial charge is 0.361 e. The zero-order valence-corrected chi connectivity index (χ0v) is 21.8. The number of halogens is 2. The zero-order valence-electron chi connectivity index (χ0n) is 20.3. The first kappa shape index (κ1) is 26.0. The first-order valence-corrected chi connectivity index (χ1v) is 12.9. The minimum atomic E-state index is -0.240. The molecule has 0 aromatic heterocycles. The van der Waals surface area contributed by atoms with Crippen LogP contribution >= 0.6 is 23.2 Å². The molecule has 2 aromatic rings. The molecular formula is C27H33Cl2N3O3. The molecular weight excluding hydrogens is 485 g/mol. The van der Waals surface area contributed by atoms with Crippen molar-refractivity contribution in [1.29, 1.82) is 0 Å². The Labute approximate surface area is 217 Å². The van der Waals surface area contributed by atoms with E-state index in [1.54, 1.807) is 6.92 Å². The molecule has 2 aliphatic heterocycles. The van der Waals surface area contributed by atoms with Crippen molar-refractivity contribution >= 4 is 35.0 Å². The van der Waals surface area contributed by atoms with E-state index >= 15 is 0 Å². The Balaban J connectivity index is 0.000000243. The highest BCUT2D eigenvalue weighted by Gasteiger charge is 2.41. The van der Waals surface area contributed by atoms with Gasteiger partial charge in [-0.1, -0.05) is 47.5 Å². The summed E-state index contributed by atoms with van der Waals surface area (Å²) in [5, 5.41) is 1.35. The fraction of sp³-hybridized carbons (Fsp3) is 0.481. The number of carbonyl (C=O) groups excluding carboxylic acids is 2. The van der Waals surface area contributed by atoms with Crippen LogP contribution in [-0.2, 0) is 14.3 Å². The monoisotopic (exact) mass is 517 g/mol. The number of benzene rings is 2. The van der Waals surface area contributed by atoms with Crippen LogP contribution in [0.25, 0.3) is 0 Å². The molecule has 2 saturated heterocycles. The van der Waals surface area contributed by atoms with Gasteiger partial charge in [-0.2, -0.15) is 0 Å². The van der Waals surface area contributed by atoms with Crippen molar-refractivity contribution in [3.05, 3.63) is 69.7 Å². The standard InChI is InChI=1S/C20H19Cl2NO2.C7H14N2O/c21-16-8-6-14(7-9-16)19-20(15-2-1-3-17(22)10-15)25-12-18(24)23(19)11-13-4-5-13;1-7(10)9-5-3-8(2)4-6-9/h1-3,6-10,13,19-20H,4-5,11-12H2;3-6H2,1-2H3. The van der Waals surface area contributed by atoms with Gasteiger partial charge in [0.1, 0.15) is 12.7 Å². The summed E-state index contributed by atoms with van der Waals surface area (Å²) in [6.45, 7) is 6.34. The van der Waals surface area contributed by atoms with E-state index in [0.717, 1.165) is 43.9 Å². The van der Waals surface area contributed by atoms with Gasteiger partial charge in [0.25, 0.3) is 0 Å². The summed E-state index contributed by atoms with van der Waals surface area (Å²) in [7, 11) is 2.08. The van der Waals surface area contributed by atoms with Crippen molar-refractivity contribution in [2.45, 2.75) is 31.9 Å². The number of hydrogen-bond donors (Lipinski definition) is 0. The van der Waals surface area contributed by atoms with Crippen LogP contribution in [0.15, 0.2) is 48.5 Å². The molecule has 2 unspecified atom stereocenters. The molecule has 3 fully saturated rings. The van der Waals surface area contributed by atoms with E-state index in [9.17, 15) is 9.59 Å². The van der Waals surface area contributed by atoms with Crippen molar-refractivity contribution in [2.24, 2.45) is 5.92 Å². The van der Waals surface area contributed by atoms with Gasteiger partial charge in [-0.3, -0.25) is 9.59 Å². The van der Waals surface area contributed by atoms with Crippen molar-refractivity contribution in [3.8, 4) is 0 Å². The smallest absolute Gasteiger partial charge is 0.249 e. The zero-order chi connectivity index (χ0) is 24.9. The third kappa shape index (κ3) is 6.98. The number of ether oxygens (including phenoxy) is 1. The number of rotatable bonds is 4. The Kier molecular flexibility index (Phi) is 8.71. The second-order valence-corrected chi connectivity index (χ2v) is 10.5. The van der Waals surface area contributed by atoms with E-state index in [1.165, 1.54) is 12.8 Å². The number of morpholine rings is 1. The average molecular weight is 518 g/mol. The summed E-state index contributed by atoms with van der Waals surface area (Å²) >= 11 is 12.2. The van der Waals surface area contributed by atoms with Crippen LogP contribution in [0.3, 0.4) is 0 Å². The molecule has 0 spiro atoms. The van der Waals surface area contributed by atoms with Gasteiger partial charge in [0.15, 0.2) is 0 Å². The fourth-order valence-corrected chi connectivity index (χ4v) is 4.87. The number of piperazine rings is 1. The van der Waals surface area contributed by atoms with E-state index < -0.39 is 0 Å². The van der Waals surface area contributed by atoms with Gasteiger partial charge in [-0.05, 0) is 61.2 Å². The van der Waals surface area contributed by atoms with Gasteiger partial charge in [0.05, 0.1) is 6.04 Å². The summed E-state index contributed by atoms with van der Waals surface area (Å²) in [6, 6.07) is 15.2. The Hall–Kier alpha value is -2.12. The van der Waals surface area contributed by atoms with Crippen LogP contribution in [0.4, 0.5) is 0 Å². The maximum atomic E-state index is 12.6. The Bertz CT molecular complexity index is 1020. The van der Waals surface area contributed by atoms with Crippen LogP contribution in [0.1, 0.15) is 43.0 Å². The lowest BCUT2D eigenvalue weighted by Gasteiger charge is -2.41. The van der Waals surface area contributed by atoms with Crippen LogP contribution in [0.2, 0.25) is 10.0 Å². The van der Waals surface area contributed by atoms with Crippen molar-refractivity contribution in [2.75, 3.05) is 46.4 Å². The molecule has 2 amide bonds. The van der Waals surface area contributed by atoms with E-state index in [0.29, 0.717) is 16.0 Å². The molecule has 1 saturated carbocycles. The maximum Gasteiger partial charge on any atom is 0.249 e. The van der Waals surface area contributed by atoms with E-state index in [2.05, 4.69) is 11.9 Å². The van der Waals surface area contributed by atoms with E-state index in [4.69, 9.17) is 27.9 Å². The minimum absolute atomic E-state index is 0.0464. The lowest BCUT2D eigenvalue weighted by Crippen LogP contribution is -2.46. The SMILES string of the molecule is CC(=O)N1CCN(C)CC1.O=C1COC(c2cccc(Cl)c2)C(c2ccc(Cl)cc2)N1CC1CC1. The number of nitrogens with zero attached hydrogens (tertiary/aromatic N) is 3. The number of amides is 2. The van der Waals surface area contributed by atoms with Crippen molar-refractivity contribution in [3.63, 3.8) is 0 Å². The van der Waals surface area contributed by atoms with Crippen LogP contribution in [0, 0.1) is 5.92 Å². The van der Waals surface area contributed by atoms with Crippen LogP contribution in [-0.4, -0.2) is 72.9 Å². The molecule has 5 rings (SSSR count). The summed E-state index contributed by atoms with van der Waals surface area (Å²) in [5.74, 6) is 0.857. The molecule has 2 atom stereocenters. The molecule has 3 aliphatic rings. The predicted molar refractivity (Wildman–Crippen MR) is 139 cm³/mol. The normalized spacial score (nSPS) is 23.0. The highest BCUT2D eigenvalue weighted by molar-refractivity contribution is 6.30. The molecule has 0 bridgehead atoms. The molecule has 1 aliphatic carbocycles. The Morgan fingerprint density at radius 1 is 0.971 bits per heavy atom. The summed E-state index contributed by atoms with van der Waals surface area (Å²) in [6.07, 6.45) is 2.15. The topological polar surface area (TPSA) is 53.1 Å². The maximum absolute atomic E-state index is 12.6. The van der Waals surface area contributed by atoms with E-state index in [1.807, 2.05) is 58.3 Å². The minimum Gasteiger partial charge on any atom is -0.361 e. The highest BCUT2D eigenvalue weighted by atomic mass is 35.5. The summed E-state index contributed by atoms with van der Waals surface area (Å²) in [4.78, 5) is 29.5. The highest BCUT2D eigenvalue weighted by Crippen LogP contribution is 2.43. The van der Waals surface area contributed by atoms with Gasteiger partial charge in [-0.15, -0.1) is 0 Å². The first-order chi connectivity index (χ1) is 16.8. The van der Waals surface area contributed by atoms with Gasteiger partial charge in [-0.25, -0.2) is 0 Å². The summed E-state index contributed by atoms with van der Waals surface area (Å²) < 4.78 is 5.98. The number of likely N-dealkylation sites (N-methyl/N-ethyl adjacent to an activating group) is 1. The predicted octanol–water partition coefficient (Wildman–Crippen LogP) is 4.82. The molecule has 2 heterocycles. The molecule has 8 heteroatoms. The third-order valence-corrected chi connectivity index (χ3v) is 7.31. The number of hydrogen-bond acceptors (Lipinski definition) is 4. The first-order valence-electron chi connectivity index (χ1n) is 12.2. The Morgan fingerprint density at radius 3 is 2.26 bits per heavy atom. The van der Waals surface area contributed by atoms with Crippen molar-refractivity contribution < 1.29 is 14.3 Å². The lowest BCUT2D eigenvalue weighted by atomic mass is 9.92. The average Bonchev–Trinajstić information content (AvgIpc) is 3.66. The molecule has 188 valence electrons. The Morgan fingerprint density at radius 2 is 1.66 bits per heavy atom. The lowest BCUT2D eigenvalue weighted by molar-refractivity contribution is -0.159. The number of carbonyl (C=O) groups is 2. The van der Waals surface area contributed by atoms with Gasteiger partial charge < -0.3 is 19.4 Å². The molecule has 0 radical (unpaired) electrons. The van der Waals surface area contributed by atoms with Crippen LogP contribution < -0.4 is 0 Å². The second-order valence-electron chi connectivity index (χ2n) is 9.58. The quantitative estimate of drug-likeness (QED) is 0.582. The third-order valence-electron chi connectivity index (χ3n) is 6.82. The molecule has 0 N–H and O–H groups in total. The van der Waals surface area contributed by atoms with E-state index in [-0.39, 0.29) is 30.6 Å². The summed E-state index contributed by atoms with van der Waals surface area (Å²) in [5.41, 5.74) is 2.02. The fourth-order valence-electron chi connectivity index (χ4n) is 4.55. The van der Waals surface area contributed by atoms with Gasteiger partial charge >= 0.3 is 0 Å². The molecule has 6 nitrogen and oxygen atoms in total. The van der Waals surface area contributed by atoms with Crippen molar-refractivity contribution in [1.82, 2.24) is 14.7 Å². The molecule has 2 aromatic carbocycles. The second kappa shape index (κ2) is 11.7.